The molecule has 1 aliphatic rings. The summed E-state index contributed by atoms with van der Waals surface area (Å²) in [4.78, 5) is 0. The van der Waals surface area contributed by atoms with Gasteiger partial charge in [0.15, 0.2) is 0 Å². The molecule has 1 atom stereocenters. The first-order chi connectivity index (χ1) is 9.08. The van der Waals surface area contributed by atoms with Crippen molar-refractivity contribution in [1.82, 2.24) is 5.32 Å². The van der Waals surface area contributed by atoms with Gasteiger partial charge in [0.25, 0.3) is 0 Å². The molecule has 0 spiro atoms. The smallest absolute Gasteiger partial charge is 0.0213 e. The predicted molar refractivity (Wildman–Crippen MR) is 83.5 cm³/mol. The van der Waals surface area contributed by atoms with E-state index in [1.54, 1.807) is 0 Å². The Morgan fingerprint density at radius 3 is 2.21 bits per heavy atom. The lowest BCUT2D eigenvalue weighted by molar-refractivity contribution is 0.280. The van der Waals surface area contributed by atoms with Crippen molar-refractivity contribution in [1.29, 1.82) is 0 Å². The monoisotopic (exact) mass is 259 g/mol. The number of hydrogen-bond donors (Lipinski definition) is 1. The van der Waals surface area contributed by atoms with Crippen LogP contribution < -0.4 is 5.32 Å². The molecule has 0 radical (unpaired) electrons. The van der Waals surface area contributed by atoms with Crippen molar-refractivity contribution in [3.05, 3.63) is 34.4 Å². The van der Waals surface area contributed by atoms with Gasteiger partial charge < -0.3 is 5.32 Å². The summed E-state index contributed by atoms with van der Waals surface area (Å²) in [6.45, 7) is 10.1. The average Bonchev–Trinajstić information content (AvgIpc) is 2.38. The quantitative estimate of drug-likeness (QED) is 0.828. The van der Waals surface area contributed by atoms with Gasteiger partial charge in [0.2, 0.25) is 0 Å². The lowest BCUT2D eigenvalue weighted by atomic mass is 9.84. The summed E-state index contributed by atoms with van der Waals surface area (Å²) in [5, 5.41) is 3.77. The van der Waals surface area contributed by atoms with Crippen LogP contribution in [-0.4, -0.2) is 6.04 Å². The second-order valence-electron chi connectivity index (χ2n) is 6.44. The van der Waals surface area contributed by atoms with Gasteiger partial charge in [-0.05, 0) is 63.1 Å². The second-order valence-corrected chi connectivity index (χ2v) is 6.44. The van der Waals surface area contributed by atoms with E-state index in [4.69, 9.17) is 0 Å². The summed E-state index contributed by atoms with van der Waals surface area (Å²) in [5.41, 5.74) is 5.73. The molecule has 0 aromatic heterocycles. The zero-order valence-electron chi connectivity index (χ0n) is 13.1. The first-order valence-electron chi connectivity index (χ1n) is 7.88. The Bertz CT molecular complexity index is 393. The maximum atomic E-state index is 3.77. The van der Waals surface area contributed by atoms with Crippen LogP contribution >= 0.6 is 0 Å². The van der Waals surface area contributed by atoms with Crippen LogP contribution in [0.25, 0.3) is 0 Å². The molecule has 1 fully saturated rings. The van der Waals surface area contributed by atoms with Gasteiger partial charge in [-0.1, -0.05) is 37.0 Å². The van der Waals surface area contributed by atoms with Gasteiger partial charge in [0.1, 0.15) is 0 Å². The zero-order chi connectivity index (χ0) is 13.8. The lowest BCUT2D eigenvalue weighted by Gasteiger charge is -2.29. The van der Waals surface area contributed by atoms with Crippen molar-refractivity contribution in [2.24, 2.45) is 5.92 Å². The van der Waals surface area contributed by atoms with Crippen LogP contribution in [0.3, 0.4) is 0 Å². The summed E-state index contributed by atoms with van der Waals surface area (Å²) >= 11 is 0. The molecule has 1 aromatic rings. The summed E-state index contributed by atoms with van der Waals surface area (Å²) in [6.07, 6.45) is 7.14. The topological polar surface area (TPSA) is 12.0 Å². The van der Waals surface area contributed by atoms with Crippen molar-refractivity contribution in [2.45, 2.75) is 72.4 Å². The van der Waals surface area contributed by atoms with E-state index in [-0.39, 0.29) is 0 Å². The summed E-state index contributed by atoms with van der Waals surface area (Å²) < 4.78 is 0. The molecule has 1 aromatic carbocycles. The average molecular weight is 259 g/mol. The number of benzene rings is 1. The third kappa shape index (κ3) is 3.82. The third-order valence-electron chi connectivity index (χ3n) is 4.80. The van der Waals surface area contributed by atoms with Gasteiger partial charge in [-0.25, -0.2) is 0 Å². The molecule has 1 aliphatic carbocycles. The fourth-order valence-electron chi connectivity index (χ4n) is 3.55. The van der Waals surface area contributed by atoms with E-state index in [0.29, 0.717) is 6.04 Å². The molecule has 0 amide bonds. The minimum Gasteiger partial charge on any atom is -0.310 e. The highest BCUT2D eigenvalue weighted by Crippen LogP contribution is 2.26. The van der Waals surface area contributed by atoms with Crippen LogP contribution in [0, 0.1) is 26.7 Å². The Labute approximate surface area is 118 Å². The van der Waals surface area contributed by atoms with E-state index in [2.05, 4.69) is 45.1 Å². The molecule has 1 heteroatoms. The molecule has 1 saturated carbocycles. The van der Waals surface area contributed by atoms with E-state index in [1.807, 2.05) is 0 Å². The van der Waals surface area contributed by atoms with Crippen molar-refractivity contribution in [3.8, 4) is 0 Å². The molecular weight excluding hydrogens is 230 g/mol. The van der Waals surface area contributed by atoms with Crippen LogP contribution in [0.2, 0.25) is 0 Å². The Kier molecular flexibility index (Phi) is 5.04. The fourth-order valence-corrected chi connectivity index (χ4v) is 3.55. The van der Waals surface area contributed by atoms with Gasteiger partial charge in [0.05, 0.1) is 0 Å². The first-order valence-corrected chi connectivity index (χ1v) is 7.88. The van der Waals surface area contributed by atoms with Crippen molar-refractivity contribution in [2.75, 3.05) is 0 Å². The highest BCUT2D eigenvalue weighted by atomic mass is 14.9. The molecule has 0 saturated heterocycles. The van der Waals surface area contributed by atoms with Crippen molar-refractivity contribution < 1.29 is 0 Å². The predicted octanol–water partition coefficient (Wildman–Crippen LogP) is 4.67. The first kappa shape index (κ1) is 14.6. The summed E-state index contributed by atoms with van der Waals surface area (Å²) in [5.74, 6) is 0.889. The van der Waals surface area contributed by atoms with Gasteiger partial charge in [-0.15, -0.1) is 0 Å². The van der Waals surface area contributed by atoms with Gasteiger partial charge in [-0.2, -0.15) is 0 Å². The minimum atomic E-state index is 0.653. The molecule has 0 heterocycles. The molecule has 1 nitrogen and oxygen atoms in total. The Hall–Kier alpha value is -0.820. The van der Waals surface area contributed by atoms with Crippen molar-refractivity contribution >= 4 is 0 Å². The normalized spacial score (nSPS) is 18.5. The van der Waals surface area contributed by atoms with E-state index < -0.39 is 0 Å². The largest absolute Gasteiger partial charge is 0.310 e. The second kappa shape index (κ2) is 6.56. The van der Waals surface area contributed by atoms with Crippen LogP contribution in [0.5, 0.6) is 0 Å². The lowest BCUT2D eigenvalue weighted by Crippen LogP contribution is -2.34. The zero-order valence-corrected chi connectivity index (χ0v) is 13.1. The summed E-state index contributed by atoms with van der Waals surface area (Å²) in [6, 6.07) is 5.25. The molecular formula is C18H29N. The van der Waals surface area contributed by atoms with E-state index in [1.165, 1.54) is 54.4 Å². The van der Waals surface area contributed by atoms with Gasteiger partial charge >= 0.3 is 0 Å². The maximum absolute atomic E-state index is 3.77. The fraction of sp³-hybridized carbons (Fsp3) is 0.667. The van der Waals surface area contributed by atoms with E-state index in [0.717, 1.165) is 12.5 Å². The van der Waals surface area contributed by atoms with Crippen LogP contribution in [0.1, 0.15) is 61.3 Å². The number of hydrogen-bond acceptors (Lipinski definition) is 1. The van der Waals surface area contributed by atoms with Crippen LogP contribution in [0.4, 0.5) is 0 Å². The molecule has 1 N–H and O–H groups in total. The third-order valence-corrected chi connectivity index (χ3v) is 4.80. The minimum absolute atomic E-state index is 0.653. The Morgan fingerprint density at radius 1 is 1.05 bits per heavy atom. The highest BCUT2D eigenvalue weighted by molar-refractivity contribution is 5.37. The van der Waals surface area contributed by atoms with Crippen LogP contribution in [0.15, 0.2) is 12.1 Å². The highest BCUT2D eigenvalue weighted by Gasteiger charge is 2.19. The molecule has 106 valence electrons. The molecule has 0 bridgehead atoms. The number of aryl methyl sites for hydroxylation is 3. The van der Waals surface area contributed by atoms with Crippen LogP contribution in [-0.2, 0) is 6.54 Å². The number of rotatable bonds is 4. The van der Waals surface area contributed by atoms with Gasteiger partial charge in [-0.3, -0.25) is 0 Å². The van der Waals surface area contributed by atoms with Crippen molar-refractivity contribution in [3.63, 3.8) is 0 Å². The Morgan fingerprint density at radius 2 is 1.63 bits per heavy atom. The molecule has 0 unspecified atom stereocenters. The van der Waals surface area contributed by atoms with Gasteiger partial charge in [0, 0.05) is 12.6 Å². The maximum Gasteiger partial charge on any atom is 0.0213 e. The van der Waals surface area contributed by atoms with E-state index >= 15 is 0 Å². The molecule has 2 rings (SSSR count). The molecule has 0 aliphatic heterocycles. The molecule has 19 heavy (non-hydrogen) atoms. The Balaban J connectivity index is 1.94. The number of nitrogens with one attached hydrogen (secondary N) is 1. The summed E-state index contributed by atoms with van der Waals surface area (Å²) in [7, 11) is 0. The SMILES string of the molecule is Cc1cc(C)c(CN[C@@H](C)C2CCCCC2)c(C)c1. The standard InChI is InChI=1S/C18H29N/c1-13-10-14(2)18(15(3)11-13)12-19-16(4)17-8-6-5-7-9-17/h10-11,16-17,19H,5-9,12H2,1-4H3/t16-/m0/s1. The van der Waals surface area contributed by atoms with E-state index in [9.17, 15) is 0 Å².